The lowest BCUT2D eigenvalue weighted by atomic mass is 9.64. The molecule has 80 heavy (non-hydrogen) atoms. The third-order valence-corrected chi connectivity index (χ3v) is 24.5. The zero-order valence-corrected chi connectivity index (χ0v) is 54.6. The largest absolute Gasteiger partial charge is 0.490 e. The monoisotopic (exact) mass is 1290 g/mol. The van der Waals surface area contributed by atoms with E-state index in [0.29, 0.717) is 0 Å². The van der Waals surface area contributed by atoms with E-state index in [1.165, 1.54) is 69.2 Å². The molecule has 480 valence electrons. The van der Waals surface area contributed by atoms with E-state index in [9.17, 15) is 72.9 Å². The first-order chi connectivity index (χ1) is 34.1. The molecule has 4 fully saturated rings. The van der Waals surface area contributed by atoms with Gasteiger partial charge in [0.2, 0.25) is 0 Å². The Balaban J connectivity index is 0.000000545. The number of phosphoric acid groups is 6. The molecule has 0 spiro atoms. The maximum absolute atomic E-state index is 11.8. The predicted octanol–water partition coefficient (Wildman–Crippen LogP) is 3.45. The van der Waals surface area contributed by atoms with Gasteiger partial charge < -0.3 is 98.7 Å². The molecule has 4 rings (SSSR count). The minimum Gasteiger partial charge on any atom is -0.393 e. The number of aliphatic hydroxyl groups is 7. The zero-order valence-electron chi connectivity index (χ0n) is 49.2. The average Bonchev–Trinajstić information content (AvgIpc) is 3.45. The number of phosphoric ester groups is 3. The second-order valence-corrected chi connectivity index (χ2v) is 33.6. The normalized spacial score (nSPS) is 40.9. The van der Waals surface area contributed by atoms with Gasteiger partial charge in [-0.2, -0.15) is 12.9 Å². The van der Waals surface area contributed by atoms with E-state index in [-0.39, 0.29) is 13.2 Å². The minimum absolute atomic E-state index is 0.174. The molecule has 32 nitrogen and oxygen atoms in total. The van der Waals surface area contributed by atoms with Crippen molar-refractivity contribution in [3.8, 4) is 0 Å². The summed E-state index contributed by atoms with van der Waals surface area (Å²) < 4.78 is 114. The van der Waals surface area contributed by atoms with Gasteiger partial charge in [-0.15, -0.1) is 0 Å². The molecule has 7 unspecified atom stereocenters. The van der Waals surface area contributed by atoms with Crippen LogP contribution in [0.1, 0.15) is 152 Å². The zero-order chi connectivity index (χ0) is 64.9. The van der Waals surface area contributed by atoms with Gasteiger partial charge in [0, 0.05) is 10.8 Å². The van der Waals surface area contributed by atoms with Crippen LogP contribution in [0.3, 0.4) is 0 Å². The third kappa shape index (κ3) is 15.4. The molecule has 4 aliphatic heterocycles. The van der Waals surface area contributed by atoms with E-state index in [4.69, 9.17) is 53.2 Å². The summed E-state index contributed by atoms with van der Waals surface area (Å²) in [6, 6.07) is 0. The molecule has 16 N–H and O–H groups in total. The number of aliphatic hydroxyl groups excluding tert-OH is 1. The summed E-state index contributed by atoms with van der Waals surface area (Å²) >= 11 is 0. The Kier molecular flexibility index (Phi) is 22.3. The minimum atomic E-state index is -5.66. The Morgan fingerprint density at radius 2 is 0.537 bits per heavy atom. The lowest BCUT2D eigenvalue weighted by Gasteiger charge is -2.43. The van der Waals surface area contributed by atoms with Crippen LogP contribution in [0.4, 0.5) is 0 Å². The Morgan fingerprint density at radius 1 is 0.300 bits per heavy atom. The van der Waals surface area contributed by atoms with Crippen LogP contribution in [0.15, 0.2) is 0 Å². The highest BCUT2D eigenvalue weighted by molar-refractivity contribution is 7.66. The van der Waals surface area contributed by atoms with Gasteiger partial charge in [-0.05, 0) is 125 Å². The molecule has 38 heteroatoms. The third-order valence-electron chi connectivity index (χ3n) is 18.2. The van der Waals surface area contributed by atoms with Crippen molar-refractivity contribution in [2.45, 2.75) is 231 Å². The summed E-state index contributed by atoms with van der Waals surface area (Å²) in [5.74, 6) is 0. The quantitative estimate of drug-likeness (QED) is 0.0984. The van der Waals surface area contributed by atoms with Crippen molar-refractivity contribution in [2.75, 3.05) is 26.4 Å². The Bertz CT molecular complexity index is 2520. The van der Waals surface area contributed by atoms with Crippen molar-refractivity contribution in [3.63, 3.8) is 0 Å². The standard InChI is InChI=1S/C11H23O6P.C11H22O3.C10H23O13P3.C10H22O10P2/c1-8(2)9(3,4)17-10(5,11(8,6)12)7-16-18(13,14)15;1-8(2)9(3,4)14-10(5,7-12)11(8,6)13;1-7(2)9(4,11)10(5,12)8(3,21-7)6-20-25(16,17)23-26(18,19)22-24(13,14)15;1-7(2)9(4,11)10(5,12)8(3,19-7)6-18-22(16,17)20-21(13,14)15/h12H,7H2,1-6H3,(H2,13,14,15);12-13H,7H2,1-6H3;11-12H,6H2,1-5H3,(H,16,17)(H,18,19)(H2,13,14,15);11-12H,6H2,1-5H3,(H,16,17)(H2,13,14,15)/t2*10-,11?;2*8-,9-,10?/m1111/s1. The van der Waals surface area contributed by atoms with Crippen molar-refractivity contribution >= 4 is 46.9 Å². The van der Waals surface area contributed by atoms with Crippen LogP contribution >= 0.6 is 46.9 Å². The molecule has 4 saturated heterocycles. The van der Waals surface area contributed by atoms with Crippen LogP contribution in [0.2, 0.25) is 0 Å². The van der Waals surface area contributed by atoms with Crippen LogP contribution in [-0.4, -0.2) is 185 Å². The van der Waals surface area contributed by atoms with Gasteiger partial charge in [0.05, 0.1) is 48.8 Å². The van der Waals surface area contributed by atoms with Gasteiger partial charge in [-0.1, -0.05) is 27.7 Å². The smallest absolute Gasteiger partial charge is 0.393 e. The topological polar surface area (TPSA) is 518 Å². The number of hydrogen-bond acceptors (Lipinski definition) is 23. The average molecular weight is 1290 g/mol. The first-order valence-corrected chi connectivity index (χ1v) is 33.2. The molecule has 4 aliphatic rings. The van der Waals surface area contributed by atoms with Crippen molar-refractivity contribution in [1.82, 2.24) is 0 Å². The Hall–Kier alpha value is 0.340. The van der Waals surface area contributed by atoms with Crippen LogP contribution in [0, 0.1) is 10.8 Å². The van der Waals surface area contributed by atoms with Crippen molar-refractivity contribution in [2.24, 2.45) is 10.8 Å². The van der Waals surface area contributed by atoms with Gasteiger partial charge in [0.1, 0.15) is 56.0 Å². The van der Waals surface area contributed by atoms with E-state index >= 15 is 0 Å². The SMILES string of the molecule is CC1(C)O[C@](C)(CO)C(C)(O)C1(C)C.CC1(C)O[C@](C)(COP(=O)(O)O)C(C)(O)C1(C)C.CC1(C)O[C@](C)(COP(=O)(O)OP(=O)(O)O)C(C)(O)[C@]1(C)O.CC1(C)O[C@](C)(COP(=O)(O)OP(=O)(O)OP(=O)(O)O)C(C)(O)[C@]1(C)O. The van der Waals surface area contributed by atoms with Gasteiger partial charge in [0.15, 0.2) is 0 Å². The lowest BCUT2D eigenvalue weighted by molar-refractivity contribution is -0.160. The van der Waals surface area contributed by atoms with E-state index in [2.05, 4.69) is 26.5 Å². The van der Waals surface area contributed by atoms with Gasteiger partial charge >= 0.3 is 46.9 Å². The second kappa shape index (κ2) is 22.7. The molecule has 0 bridgehead atoms. The lowest BCUT2D eigenvalue weighted by Crippen LogP contribution is -2.62. The highest BCUT2D eigenvalue weighted by Crippen LogP contribution is 2.67. The fourth-order valence-electron chi connectivity index (χ4n) is 9.57. The summed E-state index contributed by atoms with van der Waals surface area (Å²) in [5.41, 5.74) is -19.9. The Labute approximate surface area is 466 Å². The summed E-state index contributed by atoms with van der Waals surface area (Å²) in [6.45, 7) is 33.3. The van der Waals surface area contributed by atoms with E-state index in [1.54, 1.807) is 27.7 Å². The van der Waals surface area contributed by atoms with E-state index in [1.807, 2.05) is 55.4 Å². The van der Waals surface area contributed by atoms with Gasteiger partial charge in [0.25, 0.3) is 0 Å². The second-order valence-electron chi connectivity index (χ2n) is 25.2. The van der Waals surface area contributed by atoms with E-state index in [0.717, 1.165) is 0 Å². The number of hydrogen-bond donors (Lipinski definition) is 16. The molecule has 4 heterocycles. The summed E-state index contributed by atoms with van der Waals surface area (Å²) in [4.78, 5) is 79.4. The molecule has 0 aromatic heterocycles. The molecular weight excluding hydrogens is 1200 g/mol. The maximum atomic E-state index is 11.8. The maximum Gasteiger partial charge on any atom is 0.490 e. The number of ether oxygens (including phenoxy) is 4. The van der Waals surface area contributed by atoms with Crippen LogP contribution in [0.25, 0.3) is 0 Å². The summed E-state index contributed by atoms with van der Waals surface area (Å²) in [7, 11) is -31.5. The number of rotatable bonds is 16. The highest BCUT2D eigenvalue weighted by atomic mass is 31.3. The van der Waals surface area contributed by atoms with Gasteiger partial charge in [-0.25, -0.2) is 27.4 Å². The van der Waals surface area contributed by atoms with Crippen LogP contribution < -0.4 is 0 Å². The highest BCUT2D eigenvalue weighted by Gasteiger charge is 2.73. The Morgan fingerprint density at radius 3 is 0.750 bits per heavy atom. The van der Waals surface area contributed by atoms with Crippen LogP contribution in [0.5, 0.6) is 0 Å². The first-order valence-electron chi connectivity index (χ1n) is 24.1. The van der Waals surface area contributed by atoms with Crippen molar-refractivity contribution < 1.29 is 153 Å². The molecule has 13 atom stereocenters. The fourth-order valence-corrected chi connectivity index (χ4v) is 14.8. The molecule has 0 aromatic carbocycles. The summed E-state index contributed by atoms with van der Waals surface area (Å²) in [5, 5.41) is 72.8. The molecule has 0 saturated carbocycles. The van der Waals surface area contributed by atoms with Crippen LogP contribution in [-0.2, 0) is 72.8 Å². The molecule has 0 amide bonds. The van der Waals surface area contributed by atoms with Gasteiger partial charge in [-0.3, -0.25) is 13.6 Å². The van der Waals surface area contributed by atoms with Crippen molar-refractivity contribution in [3.05, 3.63) is 0 Å². The fraction of sp³-hybridized carbons (Fsp3) is 1.00. The van der Waals surface area contributed by atoms with Crippen molar-refractivity contribution in [1.29, 1.82) is 0 Å². The summed E-state index contributed by atoms with van der Waals surface area (Å²) in [6.07, 6.45) is 0. The molecule has 0 radical (unpaired) electrons. The molecule has 0 aromatic rings. The van der Waals surface area contributed by atoms with E-state index < -0.39 is 149 Å². The predicted molar refractivity (Wildman–Crippen MR) is 279 cm³/mol. The molecule has 0 aliphatic carbocycles. The first kappa shape index (κ1) is 78.4. The molecular formula is C42H90O32P6.